The first-order valence-corrected chi connectivity index (χ1v) is 5.74. The van der Waals surface area contributed by atoms with Crippen molar-refractivity contribution in [1.82, 2.24) is 10.6 Å². The van der Waals surface area contributed by atoms with Crippen LogP contribution in [0.1, 0.15) is 6.92 Å². The summed E-state index contributed by atoms with van der Waals surface area (Å²) in [7, 11) is 0. The Hall–Kier alpha value is -2.17. The van der Waals surface area contributed by atoms with Gasteiger partial charge in [-0.3, -0.25) is 0 Å². The lowest BCUT2D eigenvalue weighted by Crippen LogP contribution is -2.37. The van der Waals surface area contributed by atoms with Gasteiger partial charge in [-0.25, -0.2) is 4.79 Å². The first-order valence-electron chi connectivity index (χ1n) is 5.74. The fraction of sp³-hybridized carbons (Fsp3) is 0.308. The van der Waals surface area contributed by atoms with Gasteiger partial charge >= 0.3 is 6.03 Å². The Bertz CT molecular complexity index is 376. The second kappa shape index (κ2) is 8.00. The van der Waals surface area contributed by atoms with Gasteiger partial charge in [-0.15, -0.1) is 6.58 Å². The zero-order valence-electron chi connectivity index (χ0n) is 10.4. The molecule has 0 aliphatic rings. The zero-order valence-corrected chi connectivity index (χ0v) is 10.4. The third-order valence-electron chi connectivity index (χ3n) is 2.01. The predicted octanol–water partition coefficient (Wildman–Crippen LogP) is 1.91. The van der Waals surface area contributed by atoms with Crippen LogP contribution in [-0.2, 0) is 0 Å². The van der Waals surface area contributed by atoms with Crippen LogP contribution in [0.25, 0.3) is 0 Å². The van der Waals surface area contributed by atoms with Crippen molar-refractivity contribution >= 4 is 6.03 Å². The van der Waals surface area contributed by atoms with Crippen LogP contribution in [0.4, 0.5) is 4.79 Å². The summed E-state index contributed by atoms with van der Waals surface area (Å²) in [5, 5.41) is 5.13. The van der Waals surface area contributed by atoms with Crippen LogP contribution in [0.2, 0.25) is 0 Å². The van der Waals surface area contributed by atoms with Crippen LogP contribution in [0.3, 0.4) is 0 Å². The van der Waals surface area contributed by atoms with E-state index in [0.717, 1.165) is 5.75 Å². The Morgan fingerprint density at radius 3 is 2.39 bits per heavy atom. The maximum atomic E-state index is 11.2. The quantitative estimate of drug-likeness (QED) is 0.574. The van der Waals surface area contributed by atoms with Gasteiger partial charge in [0.2, 0.25) is 0 Å². The third-order valence-corrected chi connectivity index (χ3v) is 2.01. The number of urea groups is 1. The Labute approximate surface area is 107 Å². The molecule has 5 nitrogen and oxygen atoms in total. The van der Waals surface area contributed by atoms with Crippen molar-refractivity contribution in [1.29, 1.82) is 0 Å². The minimum atomic E-state index is -0.291. The van der Waals surface area contributed by atoms with E-state index in [2.05, 4.69) is 17.2 Å². The monoisotopic (exact) mass is 250 g/mol. The SMILES string of the molecule is C=CCNC(=O)NCOc1ccc(OCC)cc1. The molecule has 0 radical (unpaired) electrons. The lowest BCUT2D eigenvalue weighted by Gasteiger charge is -2.09. The van der Waals surface area contributed by atoms with Crippen LogP contribution >= 0.6 is 0 Å². The topological polar surface area (TPSA) is 59.6 Å². The van der Waals surface area contributed by atoms with Crippen molar-refractivity contribution in [3.63, 3.8) is 0 Å². The molecule has 18 heavy (non-hydrogen) atoms. The van der Waals surface area contributed by atoms with Crippen molar-refractivity contribution in [2.24, 2.45) is 0 Å². The molecule has 0 saturated heterocycles. The molecule has 0 bridgehead atoms. The number of nitrogens with one attached hydrogen (secondary N) is 2. The summed E-state index contributed by atoms with van der Waals surface area (Å²) in [5.74, 6) is 1.46. The number of hydrogen-bond acceptors (Lipinski definition) is 3. The summed E-state index contributed by atoms with van der Waals surface area (Å²) in [6.45, 7) is 6.59. The highest BCUT2D eigenvalue weighted by Crippen LogP contribution is 2.16. The highest BCUT2D eigenvalue weighted by atomic mass is 16.5. The predicted molar refractivity (Wildman–Crippen MR) is 69.8 cm³/mol. The van der Waals surface area contributed by atoms with Gasteiger partial charge in [-0.2, -0.15) is 0 Å². The van der Waals surface area contributed by atoms with Gasteiger partial charge in [0.1, 0.15) is 11.5 Å². The lowest BCUT2D eigenvalue weighted by atomic mass is 10.3. The molecule has 2 amide bonds. The molecule has 0 spiro atoms. The molecular formula is C13H18N2O3. The van der Waals surface area contributed by atoms with Crippen LogP contribution < -0.4 is 20.1 Å². The number of benzene rings is 1. The van der Waals surface area contributed by atoms with Gasteiger partial charge in [0.15, 0.2) is 6.73 Å². The highest BCUT2D eigenvalue weighted by molar-refractivity contribution is 5.73. The van der Waals surface area contributed by atoms with Crippen molar-refractivity contribution in [2.45, 2.75) is 6.92 Å². The molecule has 0 aromatic heterocycles. The van der Waals surface area contributed by atoms with Crippen molar-refractivity contribution in [3.05, 3.63) is 36.9 Å². The molecule has 1 aromatic rings. The summed E-state index contributed by atoms with van der Waals surface area (Å²) in [6.07, 6.45) is 1.60. The summed E-state index contributed by atoms with van der Waals surface area (Å²) in [4.78, 5) is 11.2. The van der Waals surface area contributed by atoms with E-state index in [1.165, 1.54) is 0 Å². The van der Waals surface area contributed by atoms with E-state index < -0.39 is 0 Å². The van der Waals surface area contributed by atoms with Gasteiger partial charge in [0, 0.05) is 6.54 Å². The van der Waals surface area contributed by atoms with E-state index >= 15 is 0 Å². The molecule has 5 heteroatoms. The summed E-state index contributed by atoms with van der Waals surface area (Å²) >= 11 is 0. The van der Waals surface area contributed by atoms with Gasteiger partial charge in [0.05, 0.1) is 6.61 Å². The number of amides is 2. The average molecular weight is 250 g/mol. The molecule has 0 unspecified atom stereocenters. The first kappa shape index (κ1) is 13.9. The van der Waals surface area contributed by atoms with Gasteiger partial charge < -0.3 is 20.1 Å². The molecule has 0 saturated carbocycles. The normalized spacial score (nSPS) is 9.39. The lowest BCUT2D eigenvalue weighted by molar-refractivity contribution is 0.225. The fourth-order valence-corrected chi connectivity index (χ4v) is 1.21. The standard InChI is InChI=1S/C13H18N2O3/c1-3-9-14-13(16)15-10-18-12-7-5-11(6-8-12)17-4-2/h3,5-8H,1,4,9-10H2,2H3,(H2,14,15,16). The van der Waals surface area contributed by atoms with Gasteiger partial charge in [-0.1, -0.05) is 6.08 Å². The number of carbonyl (C=O) groups excluding carboxylic acids is 1. The molecule has 98 valence electrons. The number of rotatable bonds is 7. The largest absolute Gasteiger partial charge is 0.494 e. The van der Waals surface area contributed by atoms with Crippen molar-refractivity contribution < 1.29 is 14.3 Å². The Kier molecular flexibility index (Phi) is 6.17. The van der Waals surface area contributed by atoms with E-state index in [1.807, 2.05) is 19.1 Å². The van der Waals surface area contributed by atoms with Crippen molar-refractivity contribution in [2.75, 3.05) is 19.9 Å². The zero-order chi connectivity index (χ0) is 13.2. The smallest absolute Gasteiger partial charge is 0.317 e. The summed E-state index contributed by atoms with van der Waals surface area (Å²) < 4.78 is 10.6. The summed E-state index contributed by atoms with van der Waals surface area (Å²) in [5.41, 5.74) is 0. The van der Waals surface area contributed by atoms with Crippen LogP contribution in [-0.4, -0.2) is 25.9 Å². The van der Waals surface area contributed by atoms with Crippen LogP contribution in [0.5, 0.6) is 11.5 Å². The van der Waals surface area contributed by atoms with E-state index in [1.54, 1.807) is 18.2 Å². The number of ether oxygens (including phenoxy) is 2. The van der Waals surface area contributed by atoms with Crippen molar-refractivity contribution in [3.8, 4) is 11.5 Å². The maximum absolute atomic E-state index is 11.2. The van der Waals surface area contributed by atoms with E-state index in [9.17, 15) is 4.79 Å². The molecule has 0 fully saturated rings. The molecule has 0 heterocycles. The minimum absolute atomic E-state index is 0.108. The minimum Gasteiger partial charge on any atom is -0.494 e. The fourth-order valence-electron chi connectivity index (χ4n) is 1.21. The Morgan fingerprint density at radius 1 is 1.22 bits per heavy atom. The van der Waals surface area contributed by atoms with E-state index in [0.29, 0.717) is 18.9 Å². The molecule has 0 aliphatic heterocycles. The summed E-state index contributed by atoms with van der Waals surface area (Å²) in [6, 6.07) is 6.91. The van der Waals surface area contributed by atoms with E-state index in [4.69, 9.17) is 9.47 Å². The van der Waals surface area contributed by atoms with Crippen LogP contribution in [0, 0.1) is 0 Å². The van der Waals surface area contributed by atoms with Gasteiger partial charge in [-0.05, 0) is 31.2 Å². The maximum Gasteiger partial charge on any atom is 0.317 e. The highest BCUT2D eigenvalue weighted by Gasteiger charge is 1.98. The molecular weight excluding hydrogens is 232 g/mol. The third kappa shape index (κ3) is 5.25. The van der Waals surface area contributed by atoms with Gasteiger partial charge in [0.25, 0.3) is 0 Å². The second-order valence-electron chi connectivity index (χ2n) is 3.37. The molecule has 1 rings (SSSR count). The molecule has 2 N–H and O–H groups in total. The van der Waals surface area contributed by atoms with Crippen LogP contribution in [0.15, 0.2) is 36.9 Å². The molecule has 0 aliphatic carbocycles. The number of hydrogen-bond donors (Lipinski definition) is 2. The second-order valence-corrected chi connectivity index (χ2v) is 3.37. The average Bonchev–Trinajstić information content (AvgIpc) is 2.39. The van der Waals surface area contributed by atoms with E-state index in [-0.39, 0.29) is 12.8 Å². The number of carbonyl (C=O) groups is 1. The first-order chi connectivity index (χ1) is 8.76. The Balaban J connectivity index is 2.26. The molecule has 1 aromatic carbocycles. The molecule has 0 atom stereocenters. The Morgan fingerprint density at radius 2 is 1.83 bits per heavy atom.